The van der Waals surface area contributed by atoms with Crippen LogP contribution >= 0.6 is 0 Å². The number of ether oxygens (including phenoxy) is 1. The van der Waals surface area contributed by atoms with Gasteiger partial charge in [-0.2, -0.15) is 0 Å². The number of benzene rings is 3. The van der Waals surface area contributed by atoms with Crippen molar-refractivity contribution in [1.82, 2.24) is 9.80 Å². The van der Waals surface area contributed by atoms with E-state index in [2.05, 4.69) is 113 Å². The number of nitrogens with zero attached hydrogens (tertiary/aromatic N) is 2. The Kier molecular flexibility index (Phi) is 12.9. The second kappa shape index (κ2) is 16.9. The normalized spacial score (nSPS) is 14.5. The summed E-state index contributed by atoms with van der Waals surface area (Å²) in [5.74, 6) is -2.50. The van der Waals surface area contributed by atoms with Crippen molar-refractivity contribution in [2.45, 2.75) is 25.0 Å². The van der Waals surface area contributed by atoms with Crippen molar-refractivity contribution in [1.29, 1.82) is 0 Å². The second-order valence-corrected chi connectivity index (χ2v) is 9.57. The van der Waals surface area contributed by atoms with Gasteiger partial charge in [-0.3, -0.25) is 14.5 Å². The number of rotatable bonds is 12. The summed E-state index contributed by atoms with van der Waals surface area (Å²) in [6, 6.07) is 30.4. The maximum Gasteiger partial charge on any atom is 0.321 e. The third kappa shape index (κ3) is 11.0. The molecule has 0 amide bonds. The predicted molar refractivity (Wildman–Crippen MR) is 156 cm³/mol. The van der Waals surface area contributed by atoms with E-state index >= 15 is 0 Å². The number of carboxylic acids is 2. The minimum Gasteiger partial charge on any atom is -0.481 e. The molecule has 3 aromatic carbocycles. The van der Waals surface area contributed by atoms with Crippen molar-refractivity contribution in [3.63, 3.8) is 0 Å². The number of aliphatic carboxylic acids is 2. The topological polar surface area (TPSA) is 116 Å². The van der Waals surface area contributed by atoms with E-state index in [0.29, 0.717) is 0 Å². The second-order valence-electron chi connectivity index (χ2n) is 9.57. The summed E-state index contributed by atoms with van der Waals surface area (Å²) < 4.78 is 6.39. The fourth-order valence-corrected chi connectivity index (χ4v) is 4.30. The van der Waals surface area contributed by atoms with Gasteiger partial charge in [-0.15, -0.1) is 0 Å². The Balaban J connectivity index is 0.000000424. The Hall–Kier alpha value is -3.98. The molecule has 1 aliphatic heterocycles. The Labute approximate surface area is 236 Å². The van der Waals surface area contributed by atoms with E-state index in [1.54, 1.807) is 0 Å². The van der Waals surface area contributed by atoms with Gasteiger partial charge in [0.2, 0.25) is 0 Å². The van der Waals surface area contributed by atoms with E-state index < -0.39 is 24.4 Å². The van der Waals surface area contributed by atoms with Gasteiger partial charge >= 0.3 is 11.9 Å². The number of carbonyl (C=O) groups is 2. The van der Waals surface area contributed by atoms with Crippen molar-refractivity contribution < 1.29 is 24.5 Å². The van der Waals surface area contributed by atoms with Crippen molar-refractivity contribution in [2.75, 3.05) is 39.3 Å². The third-order valence-corrected chi connectivity index (χ3v) is 6.53. The molecule has 4 rings (SSSR count). The molecular weight excluding hydrogens is 506 g/mol. The number of nitrogens with two attached hydrogens (primary N) is 1. The zero-order valence-electron chi connectivity index (χ0n) is 22.7. The van der Waals surface area contributed by atoms with E-state index in [1.165, 1.54) is 16.7 Å². The average Bonchev–Trinajstić information content (AvgIpc) is 2.97. The number of hydrogen-bond donors (Lipinski definition) is 3. The first-order valence-corrected chi connectivity index (χ1v) is 13.5. The Morgan fingerprint density at radius 1 is 0.825 bits per heavy atom. The predicted octanol–water partition coefficient (Wildman–Crippen LogP) is 4.04. The molecule has 8 nitrogen and oxygen atoms in total. The minimum atomic E-state index is -1.29. The smallest absolute Gasteiger partial charge is 0.321 e. The van der Waals surface area contributed by atoms with Crippen LogP contribution in [0.4, 0.5) is 0 Å². The van der Waals surface area contributed by atoms with Crippen LogP contribution in [0, 0.1) is 0 Å². The fraction of sp³-hybridized carbons (Fsp3) is 0.312. The van der Waals surface area contributed by atoms with Crippen LogP contribution in [-0.4, -0.2) is 77.3 Å². The standard InChI is InChI=1S/C28H32N2O.C4H7NO4/c1-4-11-25(12-5-1)13-10-18-29-19-21-30(22-20-29)23-24-31-28(26-14-6-2-7-15-26)27-16-8-3-9-17-27;5-2(4(8)9)1-3(6)7/h1-12,14-18,28H,13,19-24H2;2H,1,5H2,(H,6,7)(H,8,9)/b18-10+;/t;2-/m.0/s1. The number of hydrogen-bond acceptors (Lipinski definition) is 6. The molecule has 0 radical (unpaired) electrons. The lowest BCUT2D eigenvalue weighted by Crippen LogP contribution is -2.45. The molecule has 0 saturated carbocycles. The summed E-state index contributed by atoms with van der Waals surface area (Å²) in [7, 11) is 0. The lowest BCUT2D eigenvalue weighted by Gasteiger charge is -2.34. The zero-order chi connectivity index (χ0) is 28.6. The van der Waals surface area contributed by atoms with Gasteiger partial charge in [-0.05, 0) is 29.3 Å². The molecule has 1 saturated heterocycles. The van der Waals surface area contributed by atoms with Crippen molar-refractivity contribution in [2.24, 2.45) is 5.73 Å². The van der Waals surface area contributed by atoms with Crippen molar-refractivity contribution in [3.8, 4) is 0 Å². The highest BCUT2D eigenvalue weighted by molar-refractivity contribution is 5.80. The first kappa shape index (κ1) is 30.6. The molecule has 8 heteroatoms. The zero-order valence-corrected chi connectivity index (χ0v) is 22.7. The fourth-order valence-electron chi connectivity index (χ4n) is 4.30. The third-order valence-electron chi connectivity index (χ3n) is 6.53. The SMILES string of the molecule is C(=C\N1CCN(CCOC(c2ccccc2)c2ccccc2)CC1)/Cc1ccccc1.N[C@@H](CC(=O)O)C(=O)O. The summed E-state index contributed by atoms with van der Waals surface area (Å²) in [6.07, 6.45) is 5.00. The maximum absolute atomic E-state index is 9.85. The van der Waals surface area contributed by atoms with Gasteiger partial charge < -0.3 is 25.6 Å². The van der Waals surface area contributed by atoms with E-state index in [1.807, 2.05) is 0 Å². The van der Waals surface area contributed by atoms with Crippen LogP contribution in [0.15, 0.2) is 103 Å². The summed E-state index contributed by atoms with van der Waals surface area (Å²) in [6.45, 7) is 6.02. The first-order valence-electron chi connectivity index (χ1n) is 13.5. The summed E-state index contributed by atoms with van der Waals surface area (Å²) >= 11 is 0. The lowest BCUT2D eigenvalue weighted by molar-refractivity contribution is -0.144. The molecule has 0 aliphatic carbocycles. The number of piperazine rings is 1. The molecule has 40 heavy (non-hydrogen) atoms. The van der Waals surface area contributed by atoms with Crippen LogP contribution in [0.25, 0.3) is 0 Å². The molecule has 0 bridgehead atoms. The van der Waals surface area contributed by atoms with Crippen LogP contribution in [0.5, 0.6) is 0 Å². The monoisotopic (exact) mass is 545 g/mol. The van der Waals surface area contributed by atoms with Crippen LogP contribution in [0.3, 0.4) is 0 Å². The molecule has 1 atom stereocenters. The van der Waals surface area contributed by atoms with Crippen LogP contribution < -0.4 is 5.73 Å². The number of carboxylic acid groups (broad SMARTS) is 2. The van der Waals surface area contributed by atoms with E-state index in [4.69, 9.17) is 20.7 Å². The van der Waals surface area contributed by atoms with Crippen molar-refractivity contribution in [3.05, 3.63) is 120 Å². The molecule has 0 unspecified atom stereocenters. The van der Waals surface area contributed by atoms with Gasteiger partial charge in [-0.1, -0.05) is 97.1 Å². The van der Waals surface area contributed by atoms with Gasteiger partial charge in [0.15, 0.2) is 0 Å². The van der Waals surface area contributed by atoms with Gasteiger partial charge in [0.05, 0.1) is 13.0 Å². The summed E-state index contributed by atoms with van der Waals surface area (Å²) in [5.41, 5.74) is 8.62. The molecule has 1 heterocycles. The highest BCUT2D eigenvalue weighted by Gasteiger charge is 2.17. The number of allylic oxidation sites excluding steroid dienone is 1. The van der Waals surface area contributed by atoms with Gasteiger partial charge in [0.1, 0.15) is 12.1 Å². The van der Waals surface area contributed by atoms with Gasteiger partial charge in [0, 0.05) is 32.7 Å². The largest absolute Gasteiger partial charge is 0.481 e. The molecule has 1 fully saturated rings. The molecule has 0 aromatic heterocycles. The average molecular weight is 546 g/mol. The maximum atomic E-state index is 9.85. The Morgan fingerprint density at radius 2 is 1.35 bits per heavy atom. The molecular formula is C32H39N3O5. The quantitative estimate of drug-likeness (QED) is 0.312. The minimum absolute atomic E-state index is 0.00962. The van der Waals surface area contributed by atoms with E-state index in [-0.39, 0.29) is 6.10 Å². The highest BCUT2D eigenvalue weighted by atomic mass is 16.5. The Bertz CT molecular complexity index is 1130. The van der Waals surface area contributed by atoms with Crippen molar-refractivity contribution >= 4 is 11.9 Å². The van der Waals surface area contributed by atoms with E-state index in [9.17, 15) is 9.59 Å². The van der Waals surface area contributed by atoms with E-state index in [0.717, 1.165) is 45.8 Å². The van der Waals surface area contributed by atoms with Crippen LogP contribution in [0.1, 0.15) is 29.2 Å². The van der Waals surface area contributed by atoms with Gasteiger partial charge in [0.25, 0.3) is 0 Å². The molecule has 212 valence electrons. The summed E-state index contributed by atoms with van der Waals surface area (Å²) in [4.78, 5) is 24.6. The van der Waals surface area contributed by atoms with Crippen LogP contribution in [0.2, 0.25) is 0 Å². The summed E-state index contributed by atoms with van der Waals surface area (Å²) in [5, 5.41) is 16.0. The van der Waals surface area contributed by atoms with Crippen LogP contribution in [-0.2, 0) is 20.7 Å². The van der Waals surface area contributed by atoms with Gasteiger partial charge in [-0.25, -0.2) is 0 Å². The molecule has 3 aromatic rings. The first-order chi connectivity index (χ1) is 19.4. The molecule has 4 N–H and O–H groups in total. The molecule has 0 spiro atoms. The lowest BCUT2D eigenvalue weighted by atomic mass is 10.0. The highest BCUT2D eigenvalue weighted by Crippen LogP contribution is 2.25. The Morgan fingerprint density at radius 3 is 1.82 bits per heavy atom. The molecule has 1 aliphatic rings.